The number of hydrogen-bond donors (Lipinski definition) is 2. The zero-order valence-corrected chi connectivity index (χ0v) is 23.9. The molecule has 10 heteroatoms. The third-order valence-electron chi connectivity index (χ3n) is 7.73. The lowest BCUT2D eigenvalue weighted by atomic mass is 10.1. The van der Waals surface area contributed by atoms with Gasteiger partial charge in [-0.15, -0.1) is 11.3 Å². The van der Waals surface area contributed by atoms with E-state index in [0.29, 0.717) is 13.0 Å². The molecule has 1 amide bonds. The summed E-state index contributed by atoms with van der Waals surface area (Å²) >= 11 is 1.57. The Labute approximate surface area is 247 Å². The maximum Gasteiger partial charge on any atom is 0.410 e. The third kappa shape index (κ3) is 5.79. The van der Waals surface area contributed by atoms with Gasteiger partial charge in [0.25, 0.3) is 0 Å². The van der Waals surface area contributed by atoms with Crippen LogP contribution < -0.4 is 10.6 Å². The Hall–Kier alpha value is -4.46. The predicted molar refractivity (Wildman–Crippen MR) is 165 cm³/mol. The molecule has 212 valence electrons. The number of likely N-dealkylation sites (tertiary alicyclic amines) is 1. The van der Waals surface area contributed by atoms with E-state index in [1.54, 1.807) is 17.7 Å². The van der Waals surface area contributed by atoms with Gasteiger partial charge < -0.3 is 15.0 Å². The van der Waals surface area contributed by atoms with Crippen molar-refractivity contribution < 1.29 is 9.53 Å². The highest BCUT2D eigenvalue weighted by atomic mass is 32.1. The van der Waals surface area contributed by atoms with Crippen molar-refractivity contribution in [3.63, 3.8) is 0 Å². The summed E-state index contributed by atoms with van der Waals surface area (Å²) in [6.07, 6.45) is 7.11. The van der Waals surface area contributed by atoms with Crippen molar-refractivity contribution in [3.8, 4) is 11.8 Å². The van der Waals surface area contributed by atoms with Crippen LogP contribution in [0.5, 0.6) is 0 Å². The molecule has 2 aliphatic rings. The summed E-state index contributed by atoms with van der Waals surface area (Å²) in [5.74, 6) is 7.36. The van der Waals surface area contributed by atoms with Crippen molar-refractivity contribution >= 4 is 50.1 Å². The van der Waals surface area contributed by atoms with Gasteiger partial charge in [0.05, 0.1) is 39.4 Å². The van der Waals surface area contributed by atoms with E-state index in [4.69, 9.17) is 4.74 Å². The van der Waals surface area contributed by atoms with Gasteiger partial charge in [-0.3, -0.25) is 10.00 Å². The summed E-state index contributed by atoms with van der Waals surface area (Å²) in [5, 5.41) is 12.5. The van der Waals surface area contributed by atoms with Crippen LogP contribution in [0.1, 0.15) is 36.1 Å². The highest BCUT2D eigenvalue weighted by Gasteiger charge is 2.28. The number of anilines is 2. The number of fused-ring (bicyclic) bond motifs is 2. The molecule has 5 aromatic rings. The maximum absolute atomic E-state index is 12.5. The topological polar surface area (TPSA) is 97.2 Å². The van der Waals surface area contributed by atoms with Gasteiger partial charge in [-0.1, -0.05) is 42.2 Å². The second kappa shape index (κ2) is 11.8. The number of rotatable bonds is 5. The third-order valence-corrected chi connectivity index (χ3v) is 8.78. The van der Waals surface area contributed by atoms with Crippen LogP contribution in [0.15, 0.2) is 67.1 Å². The number of carbonyl (C=O) groups is 1. The highest BCUT2D eigenvalue weighted by molar-refractivity contribution is 7.20. The number of piperidine rings is 1. The van der Waals surface area contributed by atoms with Crippen LogP contribution in [-0.4, -0.2) is 62.5 Å². The number of benzene rings is 2. The smallest absolute Gasteiger partial charge is 0.410 e. The van der Waals surface area contributed by atoms with Crippen molar-refractivity contribution in [1.29, 1.82) is 0 Å². The van der Waals surface area contributed by atoms with Gasteiger partial charge in [-0.05, 0) is 49.1 Å². The molecule has 42 heavy (non-hydrogen) atoms. The standard InChI is InChI=1S/C32H31N7O2S/c40-32(38-13-5-2-6-14-38)41-26-16-24(33-19-26)9-11-27-17-28-30(42-27)31(35-21-34-28)37-25-10-12-29-23(15-25)18-36-39(29)20-22-7-3-1-4-8-22/h1,3-4,7-8,10,12,15,17-18,21,24,26,33H,2,5-6,13-14,16,19-20H2,(H,34,35,37). The average molecular weight is 578 g/mol. The molecule has 0 radical (unpaired) electrons. The van der Waals surface area contributed by atoms with Crippen LogP contribution in [0.4, 0.5) is 16.3 Å². The minimum absolute atomic E-state index is 0.0208. The lowest BCUT2D eigenvalue weighted by molar-refractivity contribution is 0.0646. The lowest BCUT2D eigenvalue weighted by Crippen LogP contribution is -2.38. The average Bonchev–Trinajstić information content (AvgIpc) is 3.76. The highest BCUT2D eigenvalue weighted by Crippen LogP contribution is 2.31. The number of carbonyl (C=O) groups excluding carboxylic acids is 1. The van der Waals surface area contributed by atoms with Crippen molar-refractivity contribution in [2.24, 2.45) is 0 Å². The van der Waals surface area contributed by atoms with Gasteiger partial charge in [0, 0.05) is 37.1 Å². The van der Waals surface area contributed by atoms with E-state index in [9.17, 15) is 4.79 Å². The van der Waals surface area contributed by atoms with E-state index in [0.717, 1.165) is 70.0 Å². The zero-order valence-electron chi connectivity index (χ0n) is 23.1. The number of amides is 1. The van der Waals surface area contributed by atoms with Crippen molar-refractivity contribution in [1.82, 2.24) is 30.0 Å². The molecule has 2 unspecified atom stereocenters. The van der Waals surface area contributed by atoms with Crippen molar-refractivity contribution in [2.75, 3.05) is 25.0 Å². The van der Waals surface area contributed by atoms with Crippen LogP contribution in [0, 0.1) is 11.8 Å². The fourth-order valence-electron chi connectivity index (χ4n) is 5.54. The summed E-state index contributed by atoms with van der Waals surface area (Å²) < 4.78 is 8.70. The Morgan fingerprint density at radius 1 is 1.10 bits per heavy atom. The number of ether oxygens (including phenoxy) is 1. The molecule has 0 saturated carbocycles. The first-order chi connectivity index (χ1) is 20.7. The van der Waals surface area contributed by atoms with Gasteiger partial charge in [-0.2, -0.15) is 5.10 Å². The molecule has 2 aromatic carbocycles. The molecule has 0 spiro atoms. The van der Waals surface area contributed by atoms with Crippen molar-refractivity contribution in [2.45, 2.75) is 44.4 Å². The minimum atomic E-state index is -0.196. The van der Waals surface area contributed by atoms with Gasteiger partial charge in [0.2, 0.25) is 0 Å². The van der Waals surface area contributed by atoms with E-state index in [1.807, 2.05) is 46.1 Å². The van der Waals surface area contributed by atoms with E-state index < -0.39 is 0 Å². The first kappa shape index (κ1) is 26.4. The summed E-state index contributed by atoms with van der Waals surface area (Å²) in [5.41, 5.74) is 4.08. The van der Waals surface area contributed by atoms with Crippen LogP contribution in [-0.2, 0) is 11.3 Å². The Morgan fingerprint density at radius 3 is 2.86 bits per heavy atom. The van der Waals surface area contributed by atoms with Gasteiger partial charge in [0.1, 0.15) is 12.4 Å². The van der Waals surface area contributed by atoms with E-state index in [-0.39, 0.29) is 18.2 Å². The monoisotopic (exact) mass is 577 g/mol. The second-order valence-corrected chi connectivity index (χ2v) is 11.8. The second-order valence-electron chi connectivity index (χ2n) is 10.8. The lowest BCUT2D eigenvalue weighted by Gasteiger charge is -2.27. The molecule has 5 heterocycles. The molecule has 0 aliphatic carbocycles. The van der Waals surface area contributed by atoms with Crippen LogP contribution >= 0.6 is 11.3 Å². The summed E-state index contributed by atoms with van der Waals surface area (Å²) in [6.45, 7) is 2.94. The number of thiophene rings is 1. The van der Waals surface area contributed by atoms with E-state index >= 15 is 0 Å². The molecule has 3 aromatic heterocycles. The Bertz CT molecular complexity index is 1780. The number of aromatic nitrogens is 4. The fourth-order valence-corrected chi connectivity index (χ4v) is 6.46. The molecule has 2 fully saturated rings. The molecule has 2 aliphatic heterocycles. The van der Waals surface area contributed by atoms with Crippen LogP contribution in [0.25, 0.3) is 21.1 Å². The summed E-state index contributed by atoms with van der Waals surface area (Å²) in [4.78, 5) is 24.2. The van der Waals surface area contributed by atoms with Crippen molar-refractivity contribution in [3.05, 3.63) is 77.6 Å². The molecular formula is C32H31N7O2S. The number of hydrogen-bond acceptors (Lipinski definition) is 8. The molecule has 2 N–H and O–H groups in total. The van der Waals surface area contributed by atoms with Gasteiger partial charge >= 0.3 is 6.09 Å². The normalized spacial score (nSPS) is 18.6. The molecule has 0 bridgehead atoms. The predicted octanol–water partition coefficient (Wildman–Crippen LogP) is 5.54. The van der Waals surface area contributed by atoms with E-state index in [1.165, 1.54) is 12.0 Å². The molecular weight excluding hydrogens is 546 g/mol. The van der Waals surface area contributed by atoms with Crippen LogP contribution in [0.3, 0.4) is 0 Å². The minimum Gasteiger partial charge on any atom is -0.445 e. The van der Waals surface area contributed by atoms with E-state index in [2.05, 4.69) is 61.8 Å². The molecule has 7 rings (SSSR count). The SMILES string of the molecule is O=C(OC1CNC(C#Cc2cc3ncnc(Nc4ccc5c(cnn5Cc5ccccc5)c4)c3s2)C1)N1CCCCC1. The maximum atomic E-state index is 12.5. The Balaban J connectivity index is 1.02. The van der Waals surface area contributed by atoms with Crippen LogP contribution in [0.2, 0.25) is 0 Å². The zero-order chi connectivity index (χ0) is 28.3. The summed E-state index contributed by atoms with van der Waals surface area (Å²) in [6, 6.07) is 18.5. The number of nitrogens with one attached hydrogen (secondary N) is 2. The first-order valence-corrected chi connectivity index (χ1v) is 15.2. The molecule has 2 saturated heterocycles. The Kier molecular flexibility index (Phi) is 7.43. The quantitative estimate of drug-likeness (QED) is 0.265. The van der Waals surface area contributed by atoms with Gasteiger partial charge in [-0.25, -0.2) is 14.8 Å². The first-order valence-electron chi connectivity index (χ1n) is 14.4. The Morgan fingerprint density at radius 2 is 1.98 bits per heavy atom. The fraction of sp³-hybridized carbons (Fsp3) is 0.312. The molecule has 9 nitrogen and oxygen atoms in total. The number of nitrogens with zero attached hydrogens (tertiary/aromatic N) is 5. The molecule has 2 atom stereocenters. The van der Waals surface area contributed by atoms with Gasteiger partial charge in [0.15, 0.2) is 5.82 Å². The summed E-state index contributed by atoms with van der Waals surface area (Å²) in [7, 11) is 0. The largest absolute Gasteiger partial charge is 0.445 e.